The SMILES string of the molecule is CCOC(=O)Oc1ccc(C(=O)NCCNC(=O)/C=C(\C)C2CC2)cc1. The molecule has 2 N–H and O–H groups in total. The van der Waals surface area contributed by atoms with Gasteiger partial charge in [-0.25, -0.2) is 4.79 Å². The van der Waals surface area contributed by atoms with Gasteiger partial charge in [-0.2, -0.15) is 0 Å². The molecule has 1 aromatic carbocycles. The van der Waals surface area contributed by atoms with Crippen LogP contribution in [0, 0.1) is 5.92 Å². The molecule has 0 radical (unpaired) electrons. The van der Waals surface area contributed by atoms with E-state index in [0.29, 0.717) is 30.3 Å². The van der Waals surface area contributed by atoms with Crippen molar-refractivity contribution in [1.29, 1.82) is 0 Å². The Morgan fingerprint density at radius 1 is 1.12 bits per heavy atom. The normalized spacial score (nSPS) is 13.7. The van der Waals surface area contributed by atoms with E-state index in [4.69, 9.17) is 4.74 Å². The van der Waals surface area contributed by atoms with Crippen molar-refractivity contribution < 1.29 is 23.9 Å². The molecule has 2 amide bonds. The van der Waals surface area contributed by atoms with Crippen molar-refractivity contribution in [3.63, 3.8) is 0 Å². The van der Waals surface area contributed by atoms with E-state index in [-0.39, 0.29) is 18.4 Å². The molecule has 7 nitrogen and oxygen atoms in total. The molecule has 1 fully saturated rings. The molecule has 0 saturated heterocycles. The second kappa shape index (κ2) is 9.60. The molecule has 0 spiro atoms. The largest absolute Gasteiger partial charge is 0.513 e. The Balaban J connectivity index is 1.69. The van der Waals surface area contributed by atoms with Gasteiger partial charge in [0.15, 0.2) is 0 Å². The number of hydrogen-bond acceptors (Lipinski definition) is 5. The van der Waals surface area contributed by atoms with Crippen LogP contribution in [0.1, 0.15) is 37.0 Å². The first-order valence-electron chi connectivity index (χ1n) is 8.68. The van der Waals surface area contributed by atoms with Crippen LogP contribution in [-0.2, 0) is 9.53 Å². The molecule has 0 bridgehead atoms. The highest BCUT2D eigenvalue weighted by molar-refractivity contribution is 5.94. The highest BCUT2D eigenvalue weighted by Gasteiger charge is 2.23. The minimum absolute atomic E-state index is 0.135. The van der Waals surface area contributed by atoms with E-state index in [2.05, 4.69) is 15.4 Å². The number of carbonyl (C=O) groups excluding carboxylic acids is 3. The number of ether oxygens (including phenoxy) is 2. The van der Waals surface area contributed by atoms with Gasteiger partial charge in [0.2, 0.25) is 5.91 Å². The first-order chi connectivity index (χ1) is 12.5. The summed E-state index contributed by atoms with van der Waals surface area (Å²) in [6.45, 7) is 4.55. The topological polar surface area (TPSA) is 93.7 Å². The average Bonchev–Trinajstić information content (AvgIpc) is 3.44. The molecular weight excluding hydrogens is 336 g/mol. The van der Waals surface area contributed by atoms with Crippen LogP contribution in [-0.4, -0.2) is 37.7 Å². The summed E-state index contributed by atoms with van der Waals surface area (Å²) in [7, 11) is 0. The van der Waals surface area contributed by atoms with E-state index in [1.807, 2.05) is 6.92 Å². The summed E-state index contributed by atoms with van der Waals surface area (Å²) in [6.07, 6.45) is 3.17. The van der Waals surface area contributed by atoms with Crippen molar-refractivity contribution in [2.45, 2.75) is 26.7 Å². The van der Waals surface area contributed by atoms with Crippen LogP contribution in [0.3, 0.4) is 0 Å². The Morgan fingerprint density at radius 3 is 2.38 bits per heavy atom. The predicted molar refractivity (Wildman–Crippen MR) is 95.9 cm³/mol. The van der Waals surface area contributed by atoms with Crippen LogP contribution in [0.4, 0.5) is 4.79 Å². The molecule has 0 aliphatic heterocycles. The highest BCUT2D eigenvalue weighted by Crippen LogP contribution is 2.35. The van der Waals surface area contributed by atoms with Crippen LogP contribution in [0.25, 0.3) is 0 Å². The molecule has 2 rings (SSSR count). The van der Waals surface area contributed by atoms with Crippen LogP contribution in [0.2, 0.25) is 0 Å². The van der Waals surface area contributed by atoms with Crippen LogP contribution < -0.4 is 15.4 Å². The summed E-state index contributed by atoms with van der Waals surface area (Å²) in [5.74, 6) is 0.456. The molecular formula is C19H24N2O5. The number of carbonyl (C=O) groups is 3. The summed E-state index contributed by atoms with van der Waals surface area (Å²) >= 11 is 0. The Morgan fingerprint density at radius 2 is 1.77 bits per heavy atom. The zero-order valence-corrected chi connectivity index (χ0v) is 15.0. The third-order valence-electron chi connectivity index (χ3n) is 3.87. The minimum atomic E-state index is -0.786. The maximum atomic E-state index is 12.0. The first kappa shape index (κ1) is 19.5. The van der Waals surface area contributed by atoms with E-state index < -0.39 is 6.16 Å². The lowest BCUT2D eigenvalue weighted by atomic mass is 10.2. The Kier molecular flexibility index (Phi) is 7.20. The molecule has 1 aromatic rings. The van der Waals surface area contributed by atoms with Crippen molar-refractivity contribution in [2.24, 2.45) is 5.92 Å². The fourth-order valence-electron chi connectivity index (χ4n) is 2.30. The van der Waals surface area contributed by atoms with Gasteiger partial charge in [0, 0.05) is 24.7 Å². The van der Waals surface area contributed by atoms with Crippen molar-refractivity contribution in [3.05, 3.63) is 41.5 Å². The molecule has 1 saturated carbocycles. The number of allylic oxidation sites excluding steroid dienone is 1. The van der Waals surface area contributed by atoms with Gasteiger partial charge < -0.3 is 20.1 Å². The van der Waals surface area contributed by atoms with Gasteiger partial charge in [0.25, 0.3) is 5.91 Å². The van der Waals surface area contributed by atoms with E-state index in [1.54, 1.807) is 25.1 Å². The Labute approximate surface area is 152 Å². The fourth-order valence-corrected chi connectivity index (χ4v) is 2.30. The summed E-state index contributed by atoms with van der Waals surface area (Å²) in [6, 6.07) is 6.12. The van der Waals surface area contributed by atoms with Crippen molar-refractivity contribution in [2.75, 3.05) is 19.7 Å². The third-order valence-corrected chi connectivity index (χ3v) is 3.87. The quantitative estimate of drug-likeness (QED) is 0.321. The van der Waals surface area contributed by atoms with E-state index in [9.17, 15) is 14.4 Å². The molecule has 0 aromatic heterocycles. The summed E-state index contributed by atoms with van der Waals surface area (Å²) < 4.78 is 9.59. The lowest BCUT2D eigenvalue weighted by Gasteiger charge is -2.07. The van der Waals surface area contributed by atoms with Gasteiger partial charge in [0.1, 0.15) is 5.75 Å². The number of benzene rings is 1. The number of nitrogens with one attached hydrogen (secondary N) is 2. The molecule has 140 valence electrons. The monoisotopic (exact) mass is 360 g/mol. The molecule has 26 heavy (non-hydrogen) atoms. The second-order valence-electron chi connectivity index (χ2n) is 6.02. The van der Waals surface area contributed by atoms with Gasteiger partial charge in [-0.3, -0.25) is 9.59 Å². The number of rotatable bonds is 8. The molecule has 0 heterocycles. The van der Waals surface area contributed by atoms with Gasteiger partial charge in [0.05, 0.1) is 6.61 Å². The van der Waals surface area contributed by atoms with E-state index in [0.717, 1.165) is 18.4 Å². The Bertz CT molecular complexity index is 678. The van der Waals surface area contributed by atoms with E-state index in [1.165, 1.54) is 12.1 Å². The van der Waals surface area contributed by atoms with Crippen molar-refractivity contribution >= 4 is 18.0 Å². The van der Waals surface area contributed by atoms with Gasteiger partial charge in [-0.05, 0) is 56.9 Å². The molecule has 0 atom stereocenters. The zero-order chi connectivity index (χ0) is 18.9. The smallest absolute Gasteiger partial charge is 0.434 e. The van der Waals surface area contributed by atoms with Gasteiger partial charge >= 0.3 is 6.16 Å². The summed E-state index contributed by atoms with van der Waals surface area (Å²) in [5, 5.41) is 5.46. The average molecular weight is 360 g/mol. The maximum absolute atomic E-state index is 12.0. The predicted octanol–water partition coefficient (Wildman–Crippen LogP) is 2.42. The van der Waals surface area contributed by atoms with Crippen molar-refractivity contribution in [1.82, 2.24) is 10.6 Å². The summed E-state index contributed by atoms with van der Waals surface area (Å²) in [5.41, 5.74) is 1.54. The van der Waals surface area contributed by atoms with E-state index >= 15 is 0 Å². The van der Waals surface area contributed by atoms with Crippen LogP contribution in [0.15, 0.2) is 35.9 Å². The van der Waals surface area contributed by atoms with Crippen LogP contribution in [0.5, 0.6) is 5.75 Å². The third kappa shape index (κ3) is 6.58. The number of hydrogen-bond donors (Lipinski definition) is 2. The minimum Gasteiger partial charge on any atom is -0.434 e. The highest BCUT2D eigenvalue weighted by atomic mass is 16.7. The van der Waals surface area contributed by atoms with Gasteiger partial charge in [-0.1, -0.05) is 5.57 Å². The first-order valence-corrected chi connectivity index (χ1v) is 8.68. The van der Waals surface area contributed by atoms with Gasteiger partial charge in [-0.15, -0.1) is 0 Å². The maximum Gasteiger partial charge on any atom is 0.513 e. The molecule has 7 heteroatoms. The second-order valence-corrected chi connectivity index (χ2v) is 6.02. The lowest BCUT2D eigenvalue weighted by molar-refractivity contribution is -0.116. The lowest BCUT2D eigenvalue weighted by Crippen LogP contribution is -2.34. The Hall–Kier alpha value is -2.83. The summed E-state index contributed by atoms with van der Waals surface area (Å²) in [4.78, 5) is 35.0. The molecule has 1 aliphatic carbocycles. The van der Waals surface area contributed by atoms with Crippen LogP contribution >= 0.6 is 0 Å². The number of amides is 2. The van der Waals surface area contributed by atoms with Crippen molar-refractivity contribution in [3.8, 4) is 5.75 Å². The standard InChI is InChI=1S/C19H24N2O5/c1-3-25-19(24)26-16-8-6-15(7-9-16)18(23)21-11-10-20-17(22)12-13(2)14-4-5-14/h6-9,12,14H,3-5,10-11H2,1-2H3,(H,20,22)(H,21,23)/b13-12+. The molecule has 0 unspecified atom stereocenters. The fraction of sp³-hybridized carbons (Fsp3) is 0.421. The molecule has 1 aliphatic rings. The zero-order valence-electron chi connectivity index (χ0n) is 15.0.